The van der Waals surface area contributed by atoms with Crippen LogP contribution < -0.4 is 9.80 Å². The van der Waals surface area contributed by atoms with Gasteiger partial charge in [-0.15, -0.1) is 0 Å². The zero-order chi connectivity index (χ0) is 15.5. The molecule has 2 aromatic rings. The number of benzene rings is 1. The van der Waals surface area contributed by atoms with Crippen molar-refractivity contribution < 1.29 is 4.52 Å². The second kappa shape index (κ2) is 9.86. The summed E-state index contributed by atoms with van der Waals surface area (Å²) in [5.74, 6) is 0.942. The molecule has 0 radical (unpaired) electrons. The molecule has 0 N–H and O–H groups in total. The SMILES string of the molecule is CC.CC.c1ccc(N2CCN(c3ccon3)CC2)cc1. The Bertz CT molecular complexity index is 448. The quantitative estimate of drug-likeness (QED) is 0.835. The average Bonchev–Trinajstić information content (AvgIpc) is 3.14. The standard InChI is InChI=1S/C13H15N3O.2C2H6/c1-2-4-12(5-3-1)15-7-9-16(10-8-15)13-6-11-17-14-13;2*1-2/h1-6,11H,7-10H2;2*1-2H3. The highest BCUT2D eigenvalue weighted by Crippen LogP contribution is 2.18. The maximum Gasteiger partial charge on any atom is 0.172 e. The number of aromatic nitrogens is 1. The Kier molecular flexibility index (Phi) is 8.02. The van der Waals surface area contributed by atoms with Gasteiger partial charge in [-0.3, -0.25) is 0 Å². The van der Waals surface area contributed by atoms with E-state index in [1.807, 2.05) is 33.8 Å². The zero-order valence-electron chi connectivity index (χ0n) is 13.6. The maximum absolute atomic E-state index is 4.87. The molecule has 1 aliphatic heterocycles. The van der Waals surface area contributed by atoms with Crippen molar-refractivity contribution in [1.82, 2.24) is 5.16 Å². The minimum absolute atomic E-state index is 0.942. The first-order valence-electron chi connectivity index (χ1n) is 7.89. The zero-order valence-corrected chi connectivity index (χ0v) is 13.6. The minimum Gasteiger partial charge on any atom is -0.368 e. The van der Waals surface area contributed by atoms with Crippen molar-refractivity contribution in [3.63, 3.8) is 0 Å². The molecule has 0 spiro atoms. The van der Waals surface area contributed by atoms with E-state index >= 15 is 0 Å². The Morgan fingerprint density at radius 2 is 1.38 bits per heavy atom. The Morgan fingerprint density at radius 1 is 0.810 bits per heavy atom. The van der Waals surface area contributed by atoms with E-state index in [4.69, 9.17) is 4.52 Å². The van der Waals surface area contributed by atoms with Gasteiger partial charge in [0.1, 0.15) is 6.26 Å². The van der Waals surface area contributed by atoms with E-state index in [2.05, 4.69) is 45.3 Å². The van der Waals surface area contributed by atoms with Gasteiger partial charge < -0.3 is 14.3 Å². The van der Waals surface area contributed by atoms with Crippen molar-refractivity contribution in [3.05, 3.63) is 42.7 Å². The summed E-state index contributed by atoms with van der Waals surface area (Å²) in [4.78, 5) is 4.65. The van der Waals surface area contributed by atoms with E-state index < -0.39 is 0 Å². The third-order valence-corrected chi connectivity index (χ3v) is 3.15. The summed E-state index contributed by atoms with van der Waals surface area (Å²) < 4.78 is 4.87. The first-order valence-corrected chi connectivity index (χ1v) is 7.89. The van der Waals surface area contributed by atoms with E-state index in [0.717, 1.165) is 32.0 Å². The first kappa shape index (κ1) is 17.1. The van der Waals surface area contributed by atoms with Gasteiger partial charge in [0.05, 0.1) is 0 Å². The molecule has 1 aromatic heterocycles. The number of anilines is 2. The largest absolute Gasteiger partial charge is 0.368 e. The molecule has 1 aromatic carbocycles. The predicted molar refractivity (Wildman–Crippen MR) is 90.1 cm³/mol. The van der Waals surface area contributed by atoms with Crippen LogP contribution in [-0.2, 0) is 0 Å². The Hall–Kier alpha value is -1.97. The van der Waals surface area contributed by atoms with Crippen LogP contribution in [0.4, 0.5) is 11.5 Å². The van der Waals surface area contributed by atoms with Crippen LogP contribution in [0.5, 0.6) is 0 Å². The normalized spacial score (nSPS) is 13.7. The molecule has 0 bridgehead atoms. The topological polar surface area (TPSA) is 32.5 Å². The fourth-order valence-electron chi connectivity index (χ4n) is 2.20. The summed E-state index contributed by atoms with van der Waals surface area (Å²) in [5, 5.41) is 3.97. The fraction of sp³-hybridized carbons (Fsp3) is 0.471. The molecule has 116 valence electrons. The highest BCUT2D eigenvalue weighted by molar-refractivity contribution is 5.48. The predicted octanol–water partition coefficient (Wildman–Crippen LogP) is 4.05. The van der Waals surface area contributed by atoms with Crippen molar-refractivity contribution in [2.24, 2.45) is 0 Å². The van der Waals surface area contributed by atoms with E-state index in [9.17, 15) is 0 Å². The van der Waals surface area contributed by atoms with Gasteiger partial charge >= 0.3 is 0 Å². The van der Waals surface area contributed by atoms with Crippen LogP contribution in [0.15, 0.2) is 47.2 Å². The maximum atomic E-state index is 4.87. The number of rotatable bonds is 2. The van der Waals surface area contributed by atoms with E-state index in [0.29, 0.717) is 0 Å². The molecule has 0 amide bonds. The summed E-state index contributed by atoms with van der Waals surface area (Å²) in [5.41, 5.74) is 1.30. The molecule has 0 saturated carbocycles. The summed E-state index contributed by atoms with van der Waals surface area (Å²) in [6.45, 7) is 12.0. The van der Waals surface area contributed by atoms with E-state index in [-0.39, 0.29) is 0 Å². The number of hydrogen-bond donors (Lipinski definition) is 0. The molecule has 2 heterocycles. The molecule has 1 fully saturated rings. The molecule has 4 heteroatoms. The molecule has 21 heavy (non-hydrogen) atoms. The van der Waals surface area contributed by atoms with Crippen LogP contribution >= 0.6 is 0 Å². The molecular formula is C17H27N3O. The molecule has 0 unspecified atom stereocenters. The lowest BCUT2D eigenvalue weighted by atomic mass is 10.2. The second-order valence-corrected chi connectivity index (χ2v) is 4.17. The Labute approximate surface area is 128 Å². The van der Waals surface area contributed by atoms with Gasteiger partial charge in [0.15, 0.2) is 5.82 Å². The molecule has 1 aliphatic rings. The van der Waals surface area contributed by atoms with Crippen molar-refractivity contribution in [2.75, 3.05) is 36.0 Å². The highest BCUT2D eigenvalue weighted by atomic mass is 16.5. The monoisotopic (exact) mass is 289 g/mol. The van der Waals surface area contributed by atoms with Gasteiger partial charge in [-0.1, -0.05) is 51.1 Å². The molecule has 0 atom stereocenters. The molecule has 0 aliphatic carbocycles. The Morgan fingerprint density at radius 3 is 1.90 bits per heavy atom. The lowest BCUT2D eigenvalue weighted by Crippen LogP contribution is -2.46. The highest BCUT2D eigenvalue weighted by Gasteiger charge is 2.18. The van der Waals surface area contributed by atoms with Gasteiger partial charge in [0, 0.05) is 37.9 Å². The lowest BCUT2D eigenvalue weighted by molar-refractivity contribution is 0.418. The van der Waals surface area contributed by atoms with Gasteiger partial charge in [0.2, 0.25) is 0 Å². The van der Waals surface area contributed by atoms with Crippen LogP contribution in [0.3, 0.4) is 0 Å². The third-order valence-electron chi connectivity index (χ3n) is 3.15. The second-order valence-electron chi connectivity index (χ2n) is 4.17. The number of nitrogens with zero attached hydrogens (tertiary/aromatic N) is 3. The first-order chi connectivity index (χ1) is 10.4. The minimum atomic E-state index is 0.942. The van der Waals surface area contributed by atoms with E-state index in [1.54, 1.807) is 6.26 Å². The smallest absolute Gasteiger partial charge is 0.172 e. The van der Waals surface area contributed by atoms with Crippen LogP contribution in [0.1, 0.15) is 27.7 Å². The molecule has 1 saturated heterocycles. The van der Waals surface area contributed by atoms with Gasteiger partial charge in [-0.25, -0.2) is 0 Å². The van der Waals surface area contributed by atoms with Gasteiger partial charge in [-0.05, 0) is 12.1 Å². The fourth-order valence-corrected chi connectivity index (χ4v) is 2.20. The molecule has 4 nitrogen and oxygen atoms in total. The van der Waals surface area contributed by atoms with E-state index in [1.165, 1.54) is 5.69 Å². The summed E-state index contributed by atoms with van der Waals surface area (Å²) in [6, 6.07) is 12.4. The summed E-state index contributed by atoms with van der Waals surface area (Å²) in [7, 11) is 0. The average molecular weight is 289 g/mol. The summed E-state index contributed by atoms with van der Waals surface area (Å²) in [6.07, 6.45) is 1.62. The van der Waals surface area contributed by atoms with Crippen molar-refractivity contribution in [2.45, 2.75) is 27.7 Å². The van der Waals surface area contributed by atoms with Crippen molar-refractivity contribution >= 4 is 11.5 Å². The molecular weight excluding hydrogens is 262 g/mol. The summed E-state index contributed by atoms with van der Waals surface area (Å²) >= 11 is 0. The third kappa shape index (κ3) is 4.81. The lowest BCUT2D eigenvalue weighted by Gasteiger charge is -2.35. The van der Waals surface area contributed by atoms with Gasteiger partial charge in [-0.2, -0.15) is 0 Å². The number of piperazine rings is 1. The number of hydrogen-bond acceptors (Lipinski definition) is 4. The number of para-hydroxylation sites is 1. The van der Waals surface area contributed by atoms with Crippen LogP contribution in [0.25, 0.3) is 0 Å². The van der Waals surface area contributed by atoms with Crippen LogP contribution in [0, 0.1) is 0 Å². The Balaban J connectivity index is 0.000000510. The molecule has 3 rings (SSSR count). The van der Waals surface area contributed by atoms with Crippen LogP contribution in [-0.4, -0.2) is 31.3 Å². The van der Waals surface area contributed by atoms with Crippen molar-refractivity contribution in [3.8, 4) is 0 Å². The van der Waals surface area contributed by atoms with Crippen LogP contribution in [0.2, 0.25) is 0 Å². The van der Waals surface area contributed by atoms with Crippen molar-refractivity contribution in [1.29, 1.82) is 0 Å². The van der Waals surface area contributed by atoms with Gasteiger partial charge in [0.25, 0.3) is 0 Å².